The fourth-order valence-corrected chi connectivity index (χ4v) is 2.72. The highest BCUT2D eigenvalue weighted by atomic mass is 15.1. The smallest absolute Gasteiger partial charge is 0.0393 e. The van der Waals surface area contributed by atoms with Crippen LogP contribution in [-0.2, 0) is 6.42 Å². The number of hydrogen-bond donors (Lipinski definition) is 1. The molecule has 2 heteroatoms. The van der Waals surface area contributed by atoms with Crippen molar-refractivity contribution in [2.45, 2.75) is 26.2 Å². The predicted octanol–water partition coefficient (Wildman–Crippen LogP) is 2.60. The van der Waals surface area contributed by atoms with Crippen molar-refractivity contribution in [3.05, 3.63) is 29.3 Å². The summed E-state index contributed by atoms with van der Waals surface area (Å²) in [5, 5.41) is 3.50. The van der Waals surface area contributed by atoms with Gasteiger partial charge in [-0.05, 0) is 56.8 Å². The first-order valence-corrected chi connectivity index (χ1v) is 6.64. The largest absolute Gasteiger partial charge is 0.377 e. The number of rotatable bonds is 3. The molecule has 1 aliphatic heterocycles. The zero-order valence-corrected chi connectivity index (χ0v) is 11.3. The Morgan fingerprint density at radius 2 is 2.18 bits per heavy atom. The van der Waals surface area contributed by atoms with E-state index in [9.17, 15) is 0 Å². The van der Waals surface area contributed by atoms with Crippen LogP contribution in [-0.4, -0.2) is 27.2 Å². The minimum absolute atomic E-state index is 0.809. The summed E-state index contributed by atoms with van der Waals surface area (Å²) >= 11 is 0. The fraction of sp³-hybridized carbons (Fsp3) is 0.600. The summed E-state index contributed by atoms with van der Waals surface area (Å²) < 4.78 is 0. The number of nitrogens with zero attached hydrogens (tertiary/aromatic N) is 1. The Morgan fingerprint density at radius 3 is 2.82 bits per heavy atom. The monoisotopic (exact) mass is 232 g/mol. The molecule has 0 spiro atoms. The Hall–Kier alpha value is -1.02. The highest BCUT2D eigenvalue weighted by molar-refractivity contribution is 5.54. The van der Waals surface area contributed by atoms with E-state index in [1.807, 2.05) is 0 Å². The van der Waals surface area contributed by atoms with Crippen molar-refractivity contribution < 1.29 is 0 Å². The maximum absolute atomic E-state index is 3.50. The maximum atomic E-state index is 3.50. The van der Waals surface area contributed by atoms with Crippen LogP contribution in [0.4, 0.5) is 5.69 Å². The average molecular weight is 232 g/mol. The van der Waals surface area contributed by atoms with Crippen LogP contribution in [0.2, 0.25) is 0 Å². The van der Waals surface area contributed by atoms with Crippen molar-refractivity contribution in [2.75, 3.05) is 32.1 Å². The van der Waals surface area contributed by atoms with Gasteiger partial charge in [0.15, 0.2) is 0 Å². The van der Waals surface area contributed by atoms with E-state index in [0.717, 1.165) is 5.92 Å². The predicted molar refractivity (Wildman–Crippen MR) is 74.8 cm³/mol. The topological polar surface area (TPSA) is 15.3 Å². The van der Waals surface area contributed by atoms with Gasteiger partial charge in [-0.1, -0.05) is 17.7 Å². The van der Waals surface area contributed by atoms with Gasteiger partial charge in [0.2, 0.25) is 0 Å². The highest BCUT2D eigenvalue weighted by Crippen LogP contribution is 2.25. The second-order valence-electron chi connectivity index (χ2n) is 5.44. The van der Waals surface area contributed by atoms with Crippen LogP contribution in [0.3, 0.4) is 0 Å². The van der Waals surface area contributed by atoms with E-state index in [4.69, 9.17) is 0 Å². The summed E-state index contributed by atoms with van der Waals surface area (Å²) in [6, 6.07) is 6.81. The van der Waals surface area contributed by atoms with Gasteiger partial charge in [0.1, 0.15) is 0 Å². The molecule has 1 atom stereocenters. The molecule has 1 aromatic carbocycles. The lowest BCUT2D eigenvalue weighted by atomic mass is 9.91. The van der Waals surface area contributed by atoms with Crippen molar-refractivity contribution in [2.24, 2.45) is 5.92 Å². The Kier molecular flexibility index (Phi) is 4.06. The molecule has 0 aliphatic carbocycles. The minimum atomic E-state index is 0.809. The van der Waals surface area contributed by atoms with Crippen molar-refractivity contribution in [1.29, 1.82) is 0 Å². The van der Waals surface area contributed by atoms with E-state index in [0.29, 0.717) is 0 Å². The molecule has 0 amide bonds. The average Bonchev–Trinajstić information content (AvgIpc) is 2.30. The third-order valence-electron chi connectivity index (χ3n) is 3.62. The Labute approximate surface area is 105 Å². The van der Waals surface area contributed by atoms with Gasteiger partial charge in [-0.2, -0.15) is 0 Å². The fourth-order valence-electron chi connectivity index (χ4n) is 2.72. The molecule has 1 saturated heterocycles. The van der Waals surface area contributed by atoms with Gasteiger partial charge < -0.3 is 10.2 Å². The van der Waals surface area contributed by atoms with E-state index in [1.54, 1.807) is 0 Å². The van der Waals surface area contributed by atoms with Gasteiger partial charge in [0.05, 0.1) is 0 Å². The maximum Gasteiger partial charge on any atom is 0.0393 e. The second kappa shape index (κ2) is 5.54. The normalized spacial score (nSPS) is 20.3. The summed E-state index contributed by atoms with van der Waals surface area (Å²) in [5.74, 6) is 0.809. The lowest BCUT2D eigenvalue weighted by Gasteiger charge is -2.25. The van der Waals surface area contributed by atoms with E-state index in [2.05, 4.69) is 49.4 Å². The van der Waals surface area contributed by atoms with Gasteiger partial charge >= 0.3 is 0 Å². The number of hydrogen-bond acceptors (Lipinski definition) is 2. The molecule has 94 valence electrons. The Balaban J connectivity index is 2.14. The van der Waals surface area contributed by atoms with Crippen molar-refractivity contribution >= 4 is 5.69 Å². The molecule has 0 saturated carbocycles. The number of nitrogens with one attached hydrogen (secondary N) is 1. The summed E-state index contributed by atoms with van der Waals surface area (Å²) in [6.07, 6.45) is 3.91. The standard InChI is InChI=1S/C15H24N2/c1-12-6-7-15(17(2)3)14(9-12)10-13-5-4-8-16-11-13/h6-7,9,13,16H,4-5,8,10-11H2,1-3H3. The molecule has 1 unspecified atom stereocenters. The van der Waals surface area contributed by atoms with Crippen molar-refractivity contribution in [3.63, 3.8) is 0 Å². The molecule has 1 N–H and O–H groups in total. The molecule has 1 aromatic rings. The summed E-state index contributed by atoms with van der Waals surface area (Å²) in [6.45, 7) is 4.56. The highest BCUT2D eigenvalue weighted by Gasteiger charge is 2.15. The molecule has 2 rings (SSSR count). The molecule has 2 nitrogen and oxygen atoms in total. The Bertz CT molecular complexity index is 365. The quantitative estimate of drug-likeness (QED) is 0.862. The summed E-state index contributed by atoms with van der Waals surface area (Å²) in [7, 11) is 4.26. The second-order valence-corrected chi connectivity index (χ2v) is 5.44. The molecule has 0 bridgehead atoms. The summed E-state index contributed by atoms with van der Waals surface area (Å²) in [5.41, 5.74) is 4.25. The van der Waals surface area contributed by atoms with Gasteiger partial charge in [-0.15, -0.1) is 0 Å². The molecule has 0 radical (unpaired) electrons. The van der Waals surface area contributed by atoms with Crippen LogP contribution in [0, 0.1) is 12.8 Å². The van der Waals surface area contributed by atoms with Crippen LogP contribution >= 0.6 is 0 Å². The SMILES string of the molecule is Cc1ccc(N(C)C)c(CC2CCCNC2)c1. The van der Waals surface area contributed by atoms with Crippen LogP contribution in [0.5, 0.6) is 0 Å². The molecular formula is C15H24N2. The lowest BCUT2D eigenvalue weighted by molar-refractivity contribution is 0.376. The van der Waals surface area contributed by atoms with Gasteiger partial charge in [-0.25, -0.2) is 0 Å². The lowest BCUT2D eigenvalue weighted by Crippen LogP contribution is -2.31. The number of aryl methyl sites for hydroxylation is 1. The first-order chi connectivity index (χ1) is 8.16. The van der Waals surface area contributed by atoms with Gasteiger partial charge in [0.25, 0.3) is 0 Å². The van der Waals surface area contributed by atoms with Crippen LogP contribution in [0.15, 0.2) is 18.2 Å². The third-order valence-corrected chi connectivity index (χ3v) is 3.62. The number of anilines is 1. The summed E-state index contributed by atoms with van der Waals surface area (Å²) in [4.78, 5) is 2.23. The van der Waals surface area contributed by atoms with Crippen molar-refractivity contribution in [1.82, 2.24) is 5.32 Å². The van der Waals surface area contributed by atoms with Crippen LogP contribution in [0.25, 0.3) is 0 Å². The van der Waals surface area contributed by atoms with Gasteiger partial charge in [-0.3, -0.25) is 0 Å². The van der Waals surface area contributed by atoms with Crippen LogP contribution < -0.4 is 10.2 Å². The zero-order chi connectivity index (χ0) is 12.3. The number of benzene rings is 1. The van der Waals surface area contributed by atoms with E-state index >= 15 is 0 Å². The Morgan fingerprint density at radius 1 is 1.35 bits per heavy atom. The first kappa shape index (κ1) is 12.4. The van der Waals surface area contributed by atoms with E-state index in [1.165, 1.54) is 49.2 Å². The molecule has 0 aromatic heterocycles. The number of piperidine rings is 1. The zero-order valence-electron chi connectivity index (χ0n) is 11.3. The minimum Gasteiger partial charge on any atom is -0.377 e. The molecule has 1 aliphatic rings. The van der Waals surface area contributed by atoms with E-state index in [-0.39, 0.29) is 0 Å². The van der Waals surface area contributed by atoms with Crippen molar-refractivity contribution in [3.8, 4) is 0 Å². The first-order valence-electron chi connectivity index (χ1n) is 6.64. The van der Waals surface area contributed by atoms with Crippen LogP contribution in [0.1, 0.15) is 24.0 Å². The third kappa shape index (κ3) is 3.22. The van der Waals surface area contributed by atoms with Gasteiger partial charge in [0, 0.05) is 19.8 Å². The molecule has 1 fully saturated rings. The molecule has 1 heterocycles. The van der Waals surface area contributed by atoms with E-state index < -0.39 is 0 Å². The molecule has 17 heavy (non-hydrogen) atoms. The molecular weight excluding hydrogens is 208 g/mol.